The third-order valence-electron chi connectivity index (χ3n) is 4.73. The van der Waals surface area contributed by atoms with Gasteiger partial charge in [0.1, 0.15) is 19.0 Å². The molecule has 150 valence electrons. The van der Waals surface area contributed by atoms with E-state index in [0.717, 1.165) is 11.0 Å². The SMILES string of the molecule is O=C(Nc1ccc(Cl)c(-c2nc3cc(Cl)ccc3[nH]2)c1)c1ccc2c(c1)OCCO2. The van der Waals surface area contributed by atoms with E-state index in [1.54, 1.807) is 48.5 Å². The molecular weight excluding hydrogens is 425 g/mol. The van der Waals surface area contributed by atoms with Crippen LogP contribution in [0.25, 0.3) is 22.4 Å². The predicted molar refractivity (Wildman–Crippen MR) is 117 cm³/mol. The third-order valence-corrected chi connectivity index (χ3v) is 5.29. The molecule has 1 aliphatic heterocycles. The van der Waals surface area contributed by atoms with Gasteiger partial charge < -0.3 is 19.8 Å². The molecule has 1 aliphatic rings. The van der Waals surface area contributed by atoms with E-state index < -0.39 is 0 Å². The Hall–Kier alpha value is -3.22. The highest BCUT2D eigenvalue weighted by Gasteiger charge is 2.16. The molecule has 2 N–H and O–H groups in total. The van der Waals surface area contributed by atoms with Gasteiger partial charge in [-0.3, -0.25) is 4.79 Å². The minimum atomic E-state index is -0.267. The molecule has 0 saturated heterocycles. The standard InChI is InChI=1S/C22H15Cl2N3O3/c23-13-2-5-17-18(10-13)27-21(26-17)15-11-14(3-4-16(15)24)25-22(28)12-1-6-19-20(9-12)30-8-7-29-19/h1-6,9-11H,7-8H2,(H,25,28)(H,26,27). The molecule has 1 aromatic heterocycles. The Morgan fingerprint density at radius 1 is 0.967 bits per heavy atom. The van der Waals surface area contributed by atoms with Gasteiger partial charge in [0.05, 0.1) is 16.1 Å². The Kier molecular flexibility index (Phi) is 4.73. The molecule has 6 nitrogen and oxygen atoms in total. The van der Waals surface area contributed by atoms with Crippen molar-refractivity contribution in [2.75, 3.05) is 18.5 Å². The van der Waals surface area contributed by atoms with E-state index in [2.05, 4.69) is 15.3 Å². The highest BCUT2D eigenvalue weighted by Crippen LogP contribution is 2.33. The zero-order chi connectivity index (χ0) is 20.7. The van der Waals surface area contributed by atoms with E-state index in [9.17, 15) is 4.79 Å². The number of carbonyl (C=O) groups excluding carboxylic acids is 1. The summed E-state index contributed by atoms with van der Waals surface area (Å²) in [4.78, 5) is 20.5. The summed E-state index contributed by atoms with van der Waals surface area (Å²) >= 11 is 12.4. The molecule has 0 atom stereocenters. The van der Waals surface area contributed by atoms with E-state index in [1.807, 2.05) is 6.07 Å². The molecule has 0 radical (unpaired) electrons. The maximum absolute atomic E-state index is 12.7. The second kappa shape index (κ2) is 7.55. The van der Waals surface area contributed by atoms with Gasteiger partial charge in [-0.15, -0.1) is 0 Å². The first kappa shape index (κ1) is 18.8. The largest absolute Gasteiger partial charge is 0.486 e. The van der Waals surface area contributed by atoms with E-state index in [1.165, 1.54) is 0 Å². The summed E-state index contributed by atoms with van der Waals surface area (Å²) in [5, 5.41) is 4.00. The van der Waals surface area contributed by atoms with Crippen LogP contribution < -0.4 is 14.8 Å². The van der Waals surface area contributed by atoms with Crippen LogP contribution in [0.1, 0.15) is 10.4 Å². The Labute approximate surface area is 181 Å². The number of ether oxygens (including phenoxy) is 2. The average molecular weight is 440 g/mol. The first-order valence-electron chi connectivity index (χ1n) is 9.23. The molecule has 4 aromatic rings. The van der Waals surface area contributed by atoms with Crippen LogP contribution in [0.2, 0.25) is 10.0 Å². The fourth-order valence-electron chi connectivity index (χ4n) is 3.28. The number of imidazole rings is 1. The van der Waals surface area contributed by atoms with E-state index in [0.29, 0.717) is 57.4 Å². The fourth-order valence-corrected chi connectivity index (χ4v) is 3.65. The number of aromatic amines is 1. The van der Waals surface area contributed by atoms with Crippen molar-refractivity contribution in [3.8, 4) is 22.9 Å². The Morgan fingerprint density at radius 3 is 2.67 bits per heavy atom. The smallest absolute Gasteiger partial charge is 0.255 e. The molecule has 5 rings (SSSR count). The van der Waals surface area contributed by atoms with Gasteiger partial charge in [0.25, 0.3) is 5.91 Å². The van der Waals surface area contributed by atoms with Crippen molar-refractivity contribution in [1.82, 2.24) is 9.97 Å². The first-order valence-corrected chi connectivity index (χ1v) is 9.98. The molecular formula is C22H15Cl2N3O3. The number of nitrogens with one attached hydrogen (secondary N) is 2. The first-order chi connectivity index (χ1) is 14.6. The van der Waals surface area contributed by atoms with Crippen molar-refractivity contribution >= 4 is 45.8 Å². The summed E-state index contributed by atoms with van der Waals surface area (Å²) in [6, 6.07) is 15.8. The van der Waals surface area contributed by atoms with Gasteiger partial charge in [0.2, 0.25) is 0 Å². The number of anilines is 1. The number of hydrogen-bond donors (Lipinski definition) is 2. The van der Waals surface area contributed by atoms with Crippen LogP contribution in [0.3, 0.4) is 0 Å². The number of hydrogen-bond acceptors (Lipinski definition) is 4. The molecule has 0 bridgehead atoms. The van der Waals surface area contributed by atoms with Gasteiger partial charge in [0.15, 0.2) is 11.5 Å². The van der Waals surface area contributed by atoms with Crippen LogP contribution in [0, 0.1) is 0 Å². The minimum Gasteiger partial charge on any atom is -0.486 e. The number of amides is 1. The molecule has 0 fully saturated rings. The predicted octanol–water partition coefficient (Wildman–Crippen LogP) is 5.56. The van der Waals surface area contributed by atoms with Gasteiger partial charge in [-0.1, -0.05) is 23.2 Å². The highest BCUT2D eigenvalue weighted by atomic mass is 35.5. The maximum atomic E-state index is 12.7. The number of fused-ring (bicyclic) bond motifs is 2. The minimum absolute atomic E-state index is 0.267. The monoisotopic (exact) mass is 439 g/mol. The summed E-state index contributed by atoms with van der Waals surface area (Å²) < 4.78 is 11.0. The highest BCUT2D eigenvalue weighted by molar-refractivity contribution is 6.33. The van der Waals surface area contributed by atoms with Gasteiger partial charge in [-0.25, -0.2) is 4.98 Å². The lowest BCUT2D eigenvalue weighted by atomic mass is 10.1. The van der Waals surface area contributed by atoms with Crippen LogP contribution in [0.5, 0.6) is 11.5 Å². The lowest BCUT2D eigenvalue weighted by molar-refractivity contribution is 0.102. The van der Waals surface area contributed by atoms with Crippen LogP contribution in [0.15, 0.2) is 54.6 Å². The zero-order valence-electron chi connectivity index (χ0n) is 15.5. The van der Waals surface area contributed by atoms with Gasteiger partial charge in [0, 0.05) is 21.8 Å². The average Bonchev–Trinajstić information content (AvgIpc) is 3.17. The number of rotatable bonds is 3. The Balaban J connectivity index is 1.43. The Bertz CT molecular complexity index is 1290. The Morgan fingerprint density at radius 2 is 1.80 bits per heavy atom. The quantitative estimate of drug-likeness (QED) is 0.437. The molecule has 2 heterocycles. The summed E-state index contributed by atoms with van der Waals surface area (Å²) in [5.74, 6) is 1.52. The maximum Gasteiger partial charge on any atom is 0.255 e. The van der Waals surface area contributed by atoms with E-state index in [-0.39, 0.29) is 5.91 Å². The zero-order valence-corrected chi connectivity index (χ0v) is 17.1. The fraction of sp³-hybridized carbons (Fsp3) is 0.0909. The van der Waals surface area contributed by atoms with E-state index in [4.69, 9.17) is 32.7 Å². The van der Waals surface area contributed by atoms with Crippen LogP contribution in [-0.2, 0) is 0 Å². The number of H-pyrrole nitrogens is 1. The number of aromatic nitrogens is 2. The molecule has 0 saturated carbocycles. The molecule has 0 aliphatic carbocycles. The van der Waals surface area contributed by atoms with Crippen LogP contribution >= 0.6 is 23.2 Å². The molecule has 30 heavy (non-hydrogen) atoms. The van der Waals surface area contributed by atoms with Crippen LogP contribution in [-0.4, -0.2) is 29.1 Å². The number of halogens is 2. The van der Waals surface area contributed by atoms with Crippen molar-refractivity contribution in [2.45, 2.75) is 0 Å². The third kappa shape index (κ3) is 3.56. The molecule has 8 heteroatoms. The van der Waals surface area contributed by atoms with Crippen LogP contribution in [0.4, 0.5) is 5.69 Å². The van der Waals surface area contributed by atoms with Gasteiger partial charge >= 0.3 is 0 Å². The molecule has 1 amide bonds. The van der Waals surface area contributed by atoms with Gasteiger partial charge in [-0.05, 0) is 54.6 Å². The molecule has 0 unspecified atom stereocenters. The van der Waals surface area contributed by atoms with E-state index >= 15 is 0 Å². The number of benzene rings is 3. The molecule has 3 aromatic carbocycles. The van der Waals surface area contributed by atoms with Crippen molar-refractivity contribution in [3.63, 3.8) is 0 Å². The number of carbonyl (C=O) groups is 1. The lowest BCUT2D eigenvalue weighted by Gasteiger charge is -2.18. The summed E-state index contributed by atoms with van der Waals surface area (Å²) in [5.41, 5.74) is 3.31. The second-order valence-corrected chi connectivity index (χ2v) is 7.60. The van der Waals surface area contributed by atoms with Crippen molar-refractivity contribution in [1.29, 1.82) is 0 Å². The summed E-state index contributed by atoms with van der Waals surface area (Å²) in [6.07, 6.45) is 0. The second-order valence-electron chi connectivity index (χ2n) is 6.75. The lowest BCUT2D eigenvalue weighted by Crippen LogP contribution is -2.17. The number of nitrogens with zero attached hydrogens (tertiary/aromatic N) is 1. The normalized spacial score (nSPS) is 12.7. The van der Waals surface area contributed by atoms with Crippen molar-refractivity contribution in [2.24, 2.45) is 0 Å². The molecule has 0 spiro atoms. The summed E-state index contributed by atoms with van der Waals surface area (Å²) in [7, 11) is 0. The topological polar surface area (TPSA) is 76.2 Å². The summed E-state index contributed by atoms with van der Waals surface area (Å²) in [6.45, 7) is 0.960. The van der Waals surface area contributed by atoms with Crippen molar-refractivity contribution < 1.29 is 14.3 Å². The van der Waals surface area contributed by atoms with Crippen molar-refractivity contribution in [3.05, 3.63) is 70.2 Å². The van der Waals surface area contributed by atoms with Gasteiger partial charge in [-0.2, -0.15) is 0 Å².